The van der Waals surface area contributed by atoms with Gasteiger partial charge in [-0.05, 0) is 25.1 Å². The standard InChI is InChI=1S/C14H15NO4/c1-8-14(19-10(3)17)12-7-11(18-4)5-6-13(12)15(8)9(2)16/h5-7H,1-4H3. The largest absolute Gasteiger partial charge is 0.497 e. The van der Waals surface area contributed by atoms with Crippen LogP contribution in [-0.2, 0) is 4.79 Å². The normalized spacial score (nSPS) is 10.5. The van der Waals surface area contributed by atoms with Crippen molar-refractivity contribution in [3.63, 3.8) is 0 Å². The maximum atomic E-state index is 11.7. The summed E-state index contributed by atoms with van der Waals surface area (Å²) in [5.41, 5.74) is 1.30. The summed E-state index contributed by atoms with van der Waals surface area (Å²) in [6.07, 6.45) is 0. The molecular formula is C14H15NO4. The number of hydrogen-bond acceptors (Lipinski definition) is 4. The molecule has 5 nitrogen and oxygen atoms in total. The van der Waals surface area contributed by atoms with Gasteiger partial charge in [0.15, 0.2) is 5.75 Å². The summed E-state index contributed by atoms with van der Waals surface area (Å²) in [6, 6.07) is 5.29. The molecule has 1 aromatic heterocycles. The number of ether oxygens (including phenoxy) is 2. The van der Waals surface area contributed by atoms with Gasteiger partial charge in [0, 0.05) is 19.2 Å². The van der Waals surface area contributed by atoms with Crippen LogP contribution in [0.25, 0.3) is 10.9 Å². The number of aromatic nitrogens is 1. The van der Waals surface area contributed by atoms with E-state index in [-0.39, 0.29) is 5.91 Å². The average molecular weight is 261 g/mol. The van der Waals surface area contributed by atoms with Gasteiger partial charge in [0.25, 0.3) is 0 Å². The molecule has 0 fully saturated rings. The monoisotopic (exact) mass is 261 g/mol. The van der Waals surface area contributed by atoms with Gasteiger partial charge in [-0.2, -0.15) is 0 Å². The first-order valence-electron chi connectivity index (χ1n) is 5.84. The van der Waals surface area contributed by atoms with E-state index in [0.29, 0.717) is 28.1 Å². The fraction of sp³-hybridized carbons (Fsp3) is 0.286. The molecular weight excluding hydrogens is 246 g/mol. The van der Waals surface area contributed by atoms with Crippen molar-refractivity contribution in [3.05, 3.63) is 23.9 Å². The Morgan fingerprint density at radius 3 is 2.42 bits per heavy atom. The highest BCUT2D eigenvalue weighted by atomic mass is 16.5. The number of carbonyl (C=O) groups excluding carboxylic acids is 2. The number of carbonyl (C=O) groups is 2. The number of rotatable bonds is 2. The third-order valence-electron chi connectivity index (χ3n) is 2.91. The van der Waals surface area contributed by atoms with Crippen LogP contribution in [-0.4, -0.2) is 23.6 Å². The third kappa shape index (κ3) is 2.19. The van der Waals surface area contributed by atoms with Crippen molar-refractivity contribution in [2.75, 3.05) is 7.11 Å². The van der Waals surface area contributed by atoms with Crippen LogP contribution < -0.4 is 9.47 Å². The molecule has 0 atom stereocenters. The molecule has 0 aliphatic heterocycles. The summed E-state index contributed by atoms with van der Waals surface area (Å²) in [7, 11) is 1.56. The molecule has 1 aromatic carbocycles. The van der Waals surface area contributed by atoms with Gasteiger partial charge in [-0.1, -0.05) is 0 Å². The minimum atomic E-state index is -0.423. The molecule has 0 saturated heterocycles. The number of methoxy groups -OCH3 is 1. The van der Waals surface area contributed by atoms with E-state index >= 15 is 0 Å². The number of esters is 1. The SMILES string of the molecule is COc1ccc2c(c1)c(OC(C)=O)c(C)n2C(C)=O. The lowest BCUT2D eigenvalue weighted by atomic mass is 10.2. The van der Waals surface area contributed by atoms with E-state index in [1.807, 2.05) is 0 Å². The topological polar surface area (TPSA) is 57.5 Å². The van der Waals surface area contributed by atoms with Gasteiger partial charge in [0.1, 0.15) is 5.75 Å². The minimum absolute atomic E-state index is 0.133. The number of benzene rings is 1. The second-order valence-corrected chi connectivity index (χ2v) is 4.25. The highest BCUT2D eigenvalue weighted by Crippen LogP contribution is 2.35. The van der Waals surface area contributed by atoms with Crippen molar-refractivity contribution in [1.29, 1.82) is 0 Å². The van der Waals surface area contributed by atoms with Crippen LogP contribution in [0.3, 0.4) is 0 Å². The van der Waals surface area contributed by atoms with E-state index in [0.717, 1.165) is 0 Å². The fourth-order valence-corrected chi connectivity index (χ4v) is 2.17. The molecule has 0 aliphatic rings. The third-order valence-corrected chi connectivity index (χ3v) is 2.91. The zero-order chi connectivity index (χ0) is 14.2. The van der Waals surface area contributed by atoms with Crippen molar-refractivity contribution in [2.45, 2.75) is 20.8 Å². The van der Waals surface area contributed by atoms with Gasteiger partial charge in [0.2, 0.25) is 5.91 Å². The number of hydrogen-bond donors (Lipinski definition) is 0. The van der Waals surface area contributed by atoms with Gasteiger partial charge in [0.05, 0.1) is 18.3 Å². The lowest BCUT2D eigenvalue weighted by molar-refractivity contribution is -0.131. The summed E-state index contributed by atoms with van der Waals surface area (Å²) in [5.74, 6) is 0.484. The van der Waals surface area contributed by atoms with Gasteiger partial charge in [-0.15, -0.1) is 0 Å². The van der Waals surface area contributed by atoms with E-state index in [9.17, 15) is 9.59 Å². The molecule has 0 bridgehead atoms. The van der Waals surface area contributed by atoms with Crippen molar-refractivity contribution in [1.82, 2.24) is 4.57 Å². The molecule has 0 unspecified atom stereocenters. The van der Waals surface area contributed by atoms with Gasteiger partial charge < -0.3 is 9.47 Å². The van der Waals surface area contributed by atoms with E-state index in [4.69, 9.17) is 9.47 Å². The summed E-state index contributed by atoms with van der Waals surface area (Å²) in [5, 5.41) is 0.683. The molecule has 2 rings (SSSR count). The zero-order valence-corrected chi connectivity index (χ0v) is 11.3. The Morgan fingerprint density at radius 2 is 1.89 bits per heavy atom. The van der Waals surface area contributed by atoms with E-state index < -0.39 is 5.97 Å². The quantitative estimate of drug-likeness (QED) is 0.779. The molecule has 19 heavy (non-hydrogen) atoms. The second kappa shape index (κ2) is 4.76. The van der Waals surface area contributed by atoms with Crippen LogP contribution in [0.2, 0.25) is 0 Å². The Hall–Kier alpha value is -2.30. The van der Waals surface area contributed by atoms with Crippen LogP contribution in [0.4, 0.5) is 0 Å². The summed E-state index contributed by atoms with van der Waals surface area (Å²) in [6.45, 7) is 4.54. The first-order chi connectivity index (χ1) is 8.95. The summed E-state index contributed by atoms with van der Waals surface area (Å²) < 4.78 is 11.9. The van der Waals surface area contributed by atoms with Gasteiger partial charge in [-0.25, -0.2) is 0 Å². The van der Waals surface area contributed by atoms with Crippen LogP contribution in [0.15, 0.2) is 18.2 Å². The lowest BCUT2D eigenvalue weighted by Gasteiger charge is -2.02. The van der Waals surface area contributed by atoms with Crippen molar-refractivity contribution < 1.29 is 19.1 Å². The smallest absolute Gasteiger partial charge is 0.308 e. The summed E-state index contributed by atoms with van der Waals surface area (Å²) >= 11 is 0. The molecule has 0 radical (unpaired) electrons. The van der Waals surface area contributed by atoms with Crippen molar-refractivity contribution in [2.24, 2.45) is 0 Å². The number of fused-ring (bicyclic) bond motifs is 1. The Bertz CT molecular complexity index is 670. The highest BCUT2D eigenvalue weighted by molar-refractivity contribution is 5.98. The molecule has 0 aliphatic carbocycles. The Labute approximate surface area is 110 Å². The van der Waals surface area contributed by atoms with E-state index in [1.165, 1.54) is 18.4 Å². The predicted octanol–water partition coefficient (Wildman–Crippen LogP) is 2.54. The molecule has 0 spiro atoms. The molecule has 5 heteroatoms. The highest BCUT2D eigenvalue weighted by Gasteiger charge is 2.19. The minimum Gasteiger partial charge on any atom is -0.497 e. The van der Waals surface area contributed by atoms with Crippen LogP contribution in [0.5, 0.6) is 11.5 Å². The second-order valence-electron chi connectivity index (χ2n) is 4.25. The average Bonchev–Trinajstić information content (AvgIpc) is 2.61. The van der Waals surface area contributed by atoms with Gasteiger partial charge in [-0.3, -0.25) is 14.2 Å². The first kappa shape index (κ1) is 13.1. The first-order valence-corrected chi connectivity index (χ1v) is 5.84. The predicted molar refractivity (Wildman–Crippen MR) is 70.8 cm³/mol. The zero-order valence-electron chi connectivity index (χ0n) is 11.3. The van der Waals surface area contributed by atoms with Crippen LogP contribution in [0, 0.1) is 6.92 Å². The van der Waals surface area contributed by atoms with Crippen LogP contribution >= 0.6 is 0 Å². The molecule has 1 heterocycles. The Kier molecular flexibility index (Phi) is 3.29. The van der Waals surface area contributed by atoms with Crippen LogP contribution in [0.1, 0.15) is 24.3 Å². The van der Waals surface area contributed by atoms with Crippen molar-refractivity contribution in [3.8, 4) is 11.5 Å². The maximum absolute atomic E-state index is 11.7. The van der Waals surface area contributed by atoms with Crippen molar-refractivity contribution >= 4 is 22.8 Å². The number of nitrogens with zero attached hydrogens (tertiary/aromatic N) is 1. The van der Waals surface area contributed by atoms with E-state index in [1.54, 1.807) is 32.2 Å². The molecule has 2 aromatic rings. The Morgan fingerprint density at radius 1 is 1.21 bits per heavy atom. The van der Waals surface area contributed by atoms with E-state index in [2.05, 4.69) is 0 Å². The fourth-order valence-electron chi connectivity index (χ4n) is 2.17. The summed E-state index contributed by atoms with van der Waals surface area (Å²) in [4.78, 5) is 22.9. The molecule has 0 amide bonds. The lowest BCUT2D eigenvalue weighted by Crippen LogP contribution is -2.08. The maximum Gasteiger partial charge on any atom is 0.308 e. The van der Waals surface area contributed by atoms with Gasteiger partial charge >= 0.3 is 5.97 Å². The Balaban J connectivity index is 2.80. The molecule has 0 saturated carbocycles. The molecule has 0 N–H and O–H groups in total. The molecule has 100 valence electrons.